The van der Waals surface area contributed by atoms with E-state index < -0.39 is 0 Å². The number of halogens is 1. The molecule has 0 aliphatic carbocycles. The summed E-state index contributed by atoms with van der Waals surface area (Å²) in [7, 11) is 5.86. The summed E-state index contributed by atoms with van der Waals surface area (Å²) < 4.78 is 13.7. The first-order valence-electron chi connectivity index (χ1n) is 10.1. The lowest BCUT2D eigenvalue weighted by molar-refractivity contribution is -0.123. The van der Waals surface area contributed by atoms with Crippen LogP contribution in [0.15, 0.2) is 48.5 Å². The van der Waals surface area contributed by atoms with Gasteiger partial charge < -0.3 is 14.7 Å². The molecule has 30 heavy (non-hydrogen) atoms. The molecule has 0 N–H and O–H groups in total. The van der Waals surface area contributed by atoms with Crippen molar-refractivity contribution in [1.82, 2.24) is 9.80 Å². The van der Waals surface area contributed by atoms with E-state index in [1.165, 1.54) is 12.1 Å². The van der Waals surface area contributed by atoms with Gasteiger partial charge in [-0.1, -0.05) is 6.07 Å². The molecule has 0 aromatic heterocycles. The van der Waals surface area contributed by atoms with Gasteiger partial charge in [-0.25, -0.2) is 4.39 Å². The zero-order valence-corrected chi connectivity index (χ0v) is 17.6. The van der Waals surface area contributed by atoms with Gasteiger partial charge in [0.25, 0.3) is 5.91 Å². The Morgan fingerprint density at radius 1 is 1.10 bits per heavy atom. The lowest BCUT2D eigenvalue weighted by Gasteiger charge is -2.46. The first-order chi connectivity index (χ1) is 14.3. The van der Waals surface area contributed by atoms with Gasteiger partial charge in [0.2, 0.25) is 5.91 Å². The van der Waals surface area contributed by atoms with Gasteiger partial charge in [-0.3, -0.25) is 14.5 Å². The minimum Gasteiger partial charge on any atom is -0.378 e. The van der Waals surface area contributed by atoms with E-state index in [9.17, 15) is 14.0 Å². The molecule has 2 aliphatic heterocycles. The summed E-state index contributed by atoms with van der Waals surface area (Å²) in [5.41, 5.74) is 1.94. The topological polar surface area (TPSA) is 47.1 Å². The lowest BCUT2D eigenvalue weighted by Crippen LogP contribution is -2.64. The second-order valence-electron chi connectivity index (χ2n) is 8.46. The molecule has 6 nitrogen and oxygen atoms in total. The molecule has 2 saturated heterocycles. The number of likely N-dealkylation sites (tertiary alicyclic amines) is 1. The highest BCUT2D eigenvalue weighted by Gasteiger charge is 2.48. The lowest BCUT2D eigenvalue weighted by atomic mass is 9.92. The van der Waals surface area contributed by atoms with Gasteiger partial charge in [0, 0.05) is 50.7 Å². The second-order valence-corrected chi connectivity index (χ2v) is 8.46. The number of likely N-dealkylation sites (N-methyl/N-ethyl adjacent to an activating group) is 1. The van der Waals surface area contributed by atoms with Crippen LogP contribution in [0.2, 0.25) is 0 Å². The Morgan fingerprint density at radius 3 is 2.50 bits per heavy atom. The number of rotatable bonds is 3. The Morgan fingerprint density at radius 2 is 1.83 bits per heavy atom. The highest BCUT2D eigenvalue weighted by Crippen LogP contribution is 2.34. The molecule has 2 fully saturated rings. The minimum absolute atomic E-state index is 0.000198. The van der Waals surface area contributed by atoms with Gasteiger partial charge in [0.15, 0.2) is 0 Å². The summed E-state index contributed by atoms with van der Waals surface area (Å²) in [4.78, 5) is 33.3. The van der Waals surface area contributed by atoms with Crippen molar-refractivity contribution in [2.24, 2.45) is 0 Å². The molecular weight excluding hydrogens is 383 g/mol. The number of carbonyl (C=O) groups is 2. The largest absolute Gasteiger partial charge is 0.378 e. The average molecular weight is 410 g/mol. The summed E-state index contributed by atoms with van der Waals surface area (Å²) in [6.45, 7) is 1.85. The Labute approximate surface area is 176 Å². The second kappa shape index (κ2) is 7.72. The van der Waals surface area contributed by atoms with Crippen molar-refractivity contribution in [2.45, 2.75) is 12.0 Å². The molecule has 2 amide bonds. The maximum atomic E-state index is 13.7. The van der Waals surface area contributed by atoms with E-state index in [1.54, 1.807) is 17.0 Å². The van der Waals surface area contributed by atoms with Crippen LogP contribution in [0, 0.1) is 5.82 Å². The van der Waals surface area contributed by atoms with Crippen LogP contribution in [0.3, 0.4) is 0 Å². The third kappa shape index (κ3) is 3.65. The Balaban J connectivity index is 1.53. The third-order valence-electron chi connectivity index (χ3n) is 6.31. The van der Waals surface area contributed by atoms with Crippen molar-refractivity contribution in [3.8, 4) is 0 Å². The molecule has 7 heteroatoms. The van der Waals surface area contributed by atoms with Crippen LogP contribution in [-0.4, -0.2) is 74.5 Å². The van der Waals surface area contributed by atoms with Crippen molar-refractivity contribution in [1.29, 1.82) is 0 Å². The highest BCUT2D eigenvalue weighted by atomic mass is 19.1. The fourth-order valence-corrected chi connectivity index (χ4v) is 4.39. The Kier molecular flexibility index (Phi) is 5.24. The number of carbonyl (C=O) groups excluding carboxylic acids is 2. The van der Waals surface area contributed by atoms with Crippen LogP contribution < -0.4 is 9.80 Å². The Bertz CT molecular complexity index is 962. The van der Waals surface area contributed by atoms with E-state index in [-0.39, 0.29) is 29.7 Å². The molecule has 158 valence electrons. The first kappa shape index (κ1) is 20.3. The maximum absolute atomic E-state index is 13.7. The predicted molar refractivity (Wildman–Crippen MR) is 115 cm³/mol. The van der Waals surface area contributed by atoms with E-state index in [0.717, 1.165) is 12.1 Å². The number of nitrogens with zero attached hydrogens (tertiary/aromatic N) is 4. The molecule has 2 heterocycles. The minimum atomic E-state index is -0.363. The van der Waals surface area contributed by atoms with Gasteiger partial charge in [-0.05, 0) is 55.9 Å². The standard InChI is InChI=1S/C23H27FN4O2/c1-25(2)19-9-7-17(8-10-19)22(30)27-12-11-23(15-27)16-28(21(29)14-26(23)3)20-6-4-5-18(24)13-20/h4-10,13H,11-12,14-16H2,1-3H3. The fraction of sp³-hybridized carbons (Fsp3) is 0.391. The molecule has 0 bridgehead atoms. The number of hydrogen-bond donors (Lipinski definition) is 0. The van der Waals surface area contributed by atoms with Crippen molar-refractivity contribution >= 4 is 23.2 Å². The smallest absolute Gasteiger partial charge is 0.253 e. The van der Waals surface area contributed by atoms with Gasteiger partial charge >= 0.3 is 0 Å². The third-order valence-corrected chi connectivity index (χ3v) is 6.31. The molecule has 1 atom stereocenters. The normalized spacial score (nSPS) is 22.1. The van der Waals surface area contributed by atoms with E-state index in [0.29, 0.717) is 30.9 Å². The average Bonchev–Trinajstić information content (AvgIpc) is 3.15. The molecule has 2 aromatic carbocycles. The predicted octanol–water partition coefficient (Wildman–Crippen LogP) is 2.46. The van der Waals surface area contributed by atoms with Crippen LogP contribution in [0.25, 0.3) is 0 Å². The van der Waals surface area contributed by atoms with Crippen molar-refractivity contribution in [3.63, 3.8) is 0 Å². The molecule has 0 saturated carbocycles. The van der Waals surface area contributed by atoms with E-state index >= 15 is 0 Å². The molecule has 1 unspecified atom stereocenters. The quantitative estimate of drug-likeness (QED) is 0.780. The zero-order chi connectivity index (χ0) is 21.5. The number of benzene rings is 2. The molecular formula is C23H27FN4O2. The van der Waals surface area contributed by atoms with Crippen LogP contribution in [-0.2, 0) is 4.79 Å². The Hall–Kier alpha value is -2.93. The van der Waals surface area contributed by atoms with Crippen LogP contribution >= 0.6 is 0 Å². The molecule has 4 rings (SSSR count). The highest BCUT2D eigenvalue weighted by molar-refractivity contribution is 5.97. The fourth-order valence-electron chi connectivity index (χ4n) is 4.39. The zero-order valence-electron chi connectivity index (χ0n) is 17.6. The summed E-state index contributed by atoms with van der Waals surface area (Å²) in [6, 6.07) is 13.7. The van der Waals surface area contributed by atoms with Crippen molar-refractivity contribution in [3.05, 3.63) is 59.9 Å². The van der Waals surface area contributed by atoms with Crippen LogP contribution in [0.5, 0.6) is 0 Å². The summed E-state index contributed by atoms with van der Waals surface area (Å²) in [5, 5.41) is 0. The van der Waals surface area contributed by atoms with Gasteiger partial charge in [-0.15, -0.1) is 0 Å². The number of anilines is 2. The van der Waals surface area contributed by atoms with Crippen molar-refractivity contribution < 1.29 is 14.0 Å². The van der Waals surface area contributed by atoms with Gasteiger partial charge in [0.1, 0.15) is 5.82 Å². The summed E-state index contributed by atoms with van der Waals surface area (Å²) in [5.74, 6) is -0.421. The maximum Gasteiger partial charge on any atom is 0.253 e. The molecule has 0 radical (unpaired) electrons. The first-order valence-corrected chi connectivity index (χ1v) is 10.1. The number of piperazine rings is 1. The number of hydrogen-bond acceptors (Lipinski definition) is 4. The molecule has 2 aromatic rings. The van der Waals surface area contributed by atoms with E-state index in [2.05, 4.69) is 0 Å². The summed E-state index contributed by atoms with van der Waals surface area (Å²) >= 11 is 0. The van der Waals surface area contributed by atoms with Gasteiger partial charge in [-0.2, -0.15) is 0 Å². The van der Waals surface area contributed by atoms with Crippen LogP contribution in [0.1, 0.15) is 16.8 Å². The van der Waals surface area contributed by atoms with E-state index in [4.69, 9.17) is 0 Å². The molecule has 1 spiro atoms. The van der Waals surface area contributed by atoms with Crippen molar-refractivity contribution in [2.75, 3.05) is 57.1 Å². The van der Waals surface area contributed by atoms with E-state index in [1.807, 2.05) is 60.1 Å². The molecule has 2 aliphatic rings. The van der Waals surface area contributed by atoms with Gasteiger partial charge in [0.05, 0.1) is 12.1 Å². The number of amides is 2. The summed E-state index contributed by atoms with van der Waals surface area (Å²) in [6.07, 6.45) is 0.768. The SMILES string of the molecule is CN(C)c1ccc(C(=O)N2CCC3(C2)CN(c2cccc(F)c2)C(=O)CN3C)cc1. The van der Waals surface area contributed by atoms with Crippen LogP contribution in [0.4, 0.5) is 15.8 Å². The monoisotopic (exact) mass is 410 g/mol.